The fourth-order valence-electron chi connectivity index (χ4n) is 1.46. The van der Waals surface area contributed by atoms with Gasteiger partial charge in [0.2, 0.25) is 10.0 Å². The standard InChI is InChI=1S/C12H18ClNO4S/c1-3-17-12(18-4-2)9-14-19(15,16)11-8-6-5-7-10(11)13/h5-8,12,14H,3-4,9H2,1-2H3. The average molecular weight is 308 g/mol. The molecule has 0 amide bonds. The minimum Gasteiger partial charge on any atom is -0.352 e. The van der Waals surface area contributed by atoms with E-state index in [0.29, 0.717) is 13.2 Å². The molecule has 0 unspecified atom stereocenters. The summed E-state index contributed by atoms with van der Waals surface area (Å²) in [5, 5.41) is 0.180. The molecule has 1 rings (SSSR count). The van der Waals surface area contributed by atoms with Crippen LogP contribution in [0.5, 0.6) is 0 Å². The summed E-state index contributed by atoms with van der Waals surface area (Å²) in [5.74, 6) is 0. The lowest BCUT2D eigenvalue weighted by Gasteiger charge is -2.17. The smallest absolute Gasteiger partial charge is 0.242 e. The van der Waals surface area contributed by atoms with Crippen LogP contribution in [0.3, 0.4) is 0 Å². The zero-order valence-corrected chi connectivity index (χ0v) is 12.5. The first-order valence-electron chi connectivity index (χ1n) is 5.98. The number of ether oxygens (including phenoxy) is 2. The molecule has 1 aromatic carbocycles. The molecule has 0 heterocycles. The van der Waals surface area contributed by atoms with Gasteiger partial charge in [-0.25, -0.2) is 13.1 Å². The third-order valence-electron chi connectivity index (χ3n) is 2.27. The van der Waals surface area contributed by atoms with Gasteiger partial charge in [-0.05, 0) is 26.0 Å². The van der Waals surface area contributed by atoms with Gasteiger partial charge in [0.25, 0.3) is 0 Å². The fourth-order valence-corrected chi connectivity index (χ4v) is 2.99. The first-order valence-corrected chi connectivity index (χ1v) is 7.84. The van der Waals surface area contributed by atoms with Gasteiger partial charge in [0, 0.05) is 13.2 Å². The largest absolute Gasteiger partial charge is 0.352 e. The Hall–Kier alpha value is -0.660. The number of nitrogens with one attached hydrogen (secondary N) is 1. The Kier molecular flexibility index (Phi) is 6.74. The third-order valence-corrected chi connectivity index (χ3v) is 4.19. The highest BCUT2D eigenvalue weighted by Gasteiger charge is 2.19. The molecule has 19 heavy (non-hydrogen) atoms. The molecule has 0 aliphatic heterocycles. The molecule has 0 saturated carbocycles. The van der Waals surface area contributed by atoms with E-state index in [1.165, 1.54) is 12.1 Å². The molecule has 0 spiro atoms. The minimum absolute atomic E-state index is 0.0369. The molecule has 1 N–H and O–H groups in total. The Balaban J connectivity index is 2.72. The predicted molar refractivity (Wildman–Crippen MR) is 73.7 cm³/mol. The molecule has 7 heteroatoms. The molecular weight excluding hydrogens is 290 g/mol. The normalized spacial score (nSPS) is 12.0. The Labute approximate surface area is 118 Å². The highest BCUT2D eigenvalue weighted by molar-refractivity contribution is 7.89. The van der Waals surface area contributed by atoms with Gasteiger partial charge in [-0.3, -0.25) is 0 Å². The Morgan fingerprint density at radius 1 is 1.21 bits per heavy atom. The Bertz CT molecular complexity index is 486. The molecule has 0 fully saturated rings. The number of rotatable bonds is 8. The third kappa shape index (κ3) is 5.08. The van der Waals surface area contributed by atoms with Crippen LogP contribution in [0, 0.1) is 0 Å². The quantitative estimate of drug-likeness (QED) is 0.746. The van der Waals surface area contributed by atoms with Crippen LogP contribution in [0.15, 0.2) is 29.2 Å². The van der Waals surface area contributed by atoms with Gasteiger partial charge in [0.1, 0.15) is 4.90 Å². The first kappa shape index (κ1) is 16.4. The number of hydrogen-bond acceptors (Lipinski definition) is 4. The van der Waals surface area contributed by atoms with Crippen molar-refractivity contribution in [3.8, 4) is 0 Å². The number of sulfonamides is 1. The van der Waals surface area contributed by atoms with Crippen LogP contribution in [0.1, 0.15) is 13.8 Å². The van der Waals surface area contributed by atoms with Gasteiger partial charge in [0.05, 0.1) is 11.6 Å². The predicted octanol–water partition coefficient (Wildman–Crippen LogP) is 2.02. The maximum atomic E-state index is 12.1. The van der Waals surface area contributed by atoms with Crippen molar-refractivity contribution in [2.75, 3.05) is 19.8 Å². The lowest BCUT2D eigenvalue weighted by atomic mass is 10.4. The molecule has 1 aromatic rings. The first-order chi connectivity index (χ1) is 9.01. The van der Waals surface area contributed by atoms with E-state index >= 15 is 0 Å². The average Bonchev–Trinajstić information content (AvgIpc) is 2.37. The molecule has 108 valence electrons. The summed E-state index contributed by atoms with van der Waals surface area (Å²) in [6.07, 6.45) is -0.604. The Morgan fingerprint density at radius 3 is 2.32 bits per heavy atom. The van der Waals surface area contributed by atoms with Crippen LogP contribution < -0.4 is 4.72 Å². The number of halogens is 1. The zero-order chi connectivity index (χ0) is 14.3. The molecule has 0 radical (unpaired) electrons. The van der Waals surface area contributed by atoms with Crippen LogP contribution >= 0.6 is 11.6 Å². The van der Waals surface area contributed by atoms with Gasteiger partial charge in [0.15, 0.2) is 6.29 Å². The second-order valence-electron chi connectivity index (χ2n) is 3.62. The molecule has 0 aliphatic carbocycles. The highest BCUT2D eigenvalue weighted by Crippen LogP contribution is 2.20. The van der Waals surface area contributed by atoms with Gasteiger partial charge in [-0.15, -0.1) is 0 Å². The van der Waals surface area contributed by atoms with Gasteiger partial charge < -0.3 is 9.47 Å². The van der Waals surface area contributed by atoms with E-state index < -0.39 is 16.3 Å². The van der Waals surface area contributed by atoms with E-state index in [9.17, 15) is 8.42 Å². The summed E-state index contributed by atoms with van der Waals surface area (Å²) in [7, 11) is -3.66. The number of hydrogen-bond donors (Lipinski definition) is 1. The van der Waals surface area contributed by atoms with E-state index in [0.717, 1.165) is 0 Å². The fraction of sp³-hybridized carbons (Fsp3) is 0.500. The molecule has 5 nitrogen and oxygen atoms in total. The molecule has 0 aromatic heterocycles. The van der Waals surface area contributed by atoms with Crippen LogP contribution in [0.2, 0.25) is 5.02 Å². The summed E-state index contributed by atoms with van der Waals surface area (Å²) in [4.78, 5) is 0.0448. The van der Waals surface area contributed by atoms with Crippen molar-refractivity contribution in [2.45, 2.75) is 25.0 Å². The van der Waals surface area contributed by atoms with Gasteiger partial charge in [-0.2, -0.15) is 0 Å². The maximum absolute atomic E-state index is 12.1. The van der Waals surface area contributed by atoms with E-state index in [1.54, 1.807) is 12.1 Å². The van der Waals surface area contributed by atoms with Crippen LogP contribution in [-0.2, 0) is 19.5 Å². The van der Waals surface area contributed by atoms with Gasteiger partial charge >= 0.3 is 0 Å². The number of benzene rings is 1. The van der Waals surface area contributed by atoms with Crippen molar-refractivity contribution in [2.24, 2.45) is 0 Å². The maximum Gasteiger partial charge on any atom is 0.242 e. The molecule has 0 aliphatic rings. The molecular formula is C12H18ClNO4S. The highest BCUT2D eigenvalue weighted by atomic mass is 35.5. The SMILES string of the molecule is CCOC(CNS(=O)(=O)c1ccccc1Cl)OCC. The topological polar surface area (TPSA) is 64.6 Å². The lowest BCUT2D eigenvalue weighted by Crippen LogP contribution is -2.35. The second kappa shape index (κ2) is 7.81. The monoisotopic (exact) mass is 307 g/mol. The van der Waals surface area contributed by atoms with Crippen molar-refractivity contribution in [1.82, 2.24) is 4.72 Å². The van der Waals surface area contributed by atoms with E-state index in [-0.39, 0.29) is 16.5 Å². The minimum atomic E-state index is -3.66. The molecule has 0 saturated heterocycles. The van der Waals surface area contributed by atoms with Crippen molar-refractivity contribution >= 4 is 21.6 Å². The lowest BCUT2D eigenvalue weighted by molar-refractivity contribution is -0.130. The summed E-state index contributed by atoms with van der Waals surface area (Å²) in [6, 6.07) is 6.26. The van der Waals surface area contributed by atoms with E-state index in [1.807, 2.05) is 13.8 Å². The van der Waals surface area contributed by atoms with E-state index in [2.05, 4.69) is 4.72 Å². The molecule has 0 bridgehead atoms. The summed E-state index contributed by atoms with van der Waals surface area (Å²) in [6.45, 7) is 4.55. The van der Waals surface area contributed by atoms with Crippen molar-refractivity contribution in [3.05, 3.63) is 29.3 Å². The van der Waals surface area contributed by atoms with Crippen molar-refractivity contribution < 1.29 is 17.9 Å². The molecule has 0 atom stereocenters. The summed E-state index contributed by atoms with van der Waals surface area (Å²) < 4.78 is 37.1. The van der Waals surface area contributed by atoms with Crippen molar-refractivity contribution in [3.63, 3.8) is 0 Å². The van der Waals surface area contributed by atoms with Gasteiger partial charge in [-0.1, -0.05) is 23.7 Å². The van der Waals surface area contributed by atoms with E-state index in [4.69, 9.17) is 21.1 Å². The zero-order valence-electron chi connectivity index (χ0n) is 10.9. The van der Waals surface area contributed by atoms with Crippen LogP contribution in [0.25, 0.3) is 0 Å². The van der Waals surface area contributed by atoms with Crippen molar-refractivity contribution in [1.29, 1.82) is 0 Å². The summed E-state index contributed by atoms with van der Waals surface area (Å²) in [5.41, 5.74) is 0. The summed E-state index contributed by atoms with van der Waals surface area (Å²) >= 11 is 5.86. The Morgan fingerprint density at radius 2 is 1.79 bits per heavy atom. The second-order valence-corrected chi connectivity index (χ2v) is 5.77. The van der Waals surface area contributed by atoms with Crippen LogP contribution in [-0.4, -0.2) is 34.5 Å². The van der Waals surface area contributed by atoms with Crippen LogP contribution in [0.4, 0.5) is 0 Å².